The maximum atomic E-state index is 2.27. The molecule has 0 heteroatoms. The first-order valence-corrected chi connectivity index (χ1v) is 9.62. The van der Waals surface area contributed by atoms with Crippen LogP contribution in [0.5, 0.6) is 0 Å². The van der Waals surface area contributed by atoms with Gasteiger partial charge < -0.3 is 0 Å². The summed E-state index contributed by atoms with van der Waals surface area (Å²) in [5, 5.41) is 10.5. The molecule has 6 aromatic carbocycles. The number of fused-ring (bicyclic) bond motifs is 4. The molecular weight excluding hydrogens is 336 g/mol. The van der Waals surface area contributed by atoms with Crippen molar-refractivity contribution >= 4 is 43.1 Å². The lowest BCUT2D eigenvalue weighted by Crippen LogP contribution is -1.78. The van der Waals surface area contributed by atoms with Crippen LogP contribution in [0.2, 0.25) is 0 Å². The van der Waals surface area contributed by atoms with Gasteiger partial charge in [-0.15, -0.1) is 0 Å². The van der Waals surface area contributed by atoms with Crippen LogP contribution in [-0.4, -0.2) is 0 Å². The third kappa shape index (κ3) is 3.21. The second kappa shape index (κ2) is 7.17. The summed E-state index contributed by atoms with van der Waals surface area (Å²) < 4.78 is 0. The molecule has 0 radical (unpaired) electrons. The second-order valence-electron chi connectivity index (χ2n) is 7.09. The van der Waals surface area contributed by atoms with Crippen molar-refractivity contribution in [2.24, 2.45) is 0 Å². The molecule has 0 nitrogen and oxygen atoms in total. The number of benzene rings is 6. The quantitative estimate of drug-likeness (QED) is 0.242. The number of rotatable bonds is 0. The fourth-order valence-electron chi connectivity index (χ4n) is 3.77. The van der Waals surface area contributed by atoms with Crippen LogP contribution in [0.3, 0.4) is 0 Å². The van der Waals surface area contributed by atoms with Gasteiger partial charge in [-0.1, -0.05) is 97.1 Å². The zero-order valence-corrected chi connectivity index (χ0v) is 15.5. The van der Waals surface area contributed by atoms with E-state index in [0.717, 1.165) is 0 Å². The van der Waals surface area contributed by atoms with Crippen molar-refractivity contribution in [3.8, 4) is 0 Å². The highest BCUT2D eigenvalue weighted by molar-refractivity contribution is 6.04. The molecule has 132 valence electrons. The van der Waals surface area contributed by atoms with E-state index < -0.39 is 0 Å². The Hall–Kier alpha value is -3.64. The van der Waals surface area contributed by atoms with E-state index in [2.05, 4.69) is 121 Å². The summed E-state index contributed by atoms with van der Waals surface area (Å²) in [6, 6.07) is 42.9. The number of hydrogen-bond acceptors (Lipinski definition) is 0. The Morgan fingerprint density at radius 3 is 0.679 bits per heavy atom. The molecule has 0 saturated carbocycles. The highest BCUT2D eigenvalue weighted by Gasteiger charge is 2.00. The molecule has 6 aromatic rings. The predicted molar refractivity (Wildman–Crippen MR) is 123 cm³/mol. The van der Waals surface area contributed by atoms with Crippen molar-refractivity contribution < 1.29 is 0 Å². The average Bonchev–Trinajstić information content (AvgIpc) is 2.77. The van der Waals surface area contributed by atoms with Crippen LogP contribution in [0.4, 0.5) is 0 Å². The summed E-state index contributed by atoms with van der Waals surface area (Å²) >= 11 is 0. The van der Waals surface area contributed by atoms with Crippen LogP contribution in [0, 0.1) is 0 Å². The molecule has 0 heterocycles. The fraction of sp³-hybridized carbons (Fsp3) is 0. The van der Waals surface area contributed by atoms with Gasteiger partial charge in [-0.2, -0.15) is 0 Å². The minimum atomic E-state index is 1.31. The third-order valence-electron chi connectivity index (χ3n) is 5.23. The molecule has 28 heavy (non-hydrogen) atoms. The molecule has 0 atom stereocenters. The summed E-state index contributed by atoms with van der Waals surface area (Å²) in [7, 11) is 0. The molecule has 6 rings (SSSR count). The van der Waals surface area contributed by atoms with Gasteiger partial charge in [0, 0.05) is 0 Å². The van der Waals surface area contributed by atoms with E-state index in [1.165, 1.54) is 43.1 Å². The Morgan fingerprint density at radius 2 is 0.429 bits per heavy atom. The smallest absolute Gasteiger partial charge is 0.0171 e. The Morgan fingerprint density at radius 1 is 0.214 bits per heavy atom. The lowest BCUT2D eigenvalue weighted by molar-refractivity contribution is 1.75. The molecule has 0 aliphatic rings. The Labute approximate surface area is 164 Å². The molecule has 0 bridgehead atoms. The molecule has 0 saturated heterocycles. The lowest BCUT2D eigenvalue weighted by atomic mass is 10.00. The second-order valence-corrected chi connectivity index (χ2v) is 7.09. The van der Waals surface area contributed by atoms with Crippen molar-refractivity contribution in [2.75, 3.05) is 0 Å². The first-order chi connectivity index (χ1) is 13.9. The van der Waals surface area contributed by atoms with Gasteiger partial charge >= 0.3 is 0 Å². The standard InChI is InChI=1S/C18H12.C10H8/c1-2-6-14-10-18-12-16-8-4-3-7-15(16)11-17(18)9-13(14)5-1;1-2-6-10-8-4-3-7-9(10)5-1/h1-12H;1-8H. The van der Waals surface area contributed by atoms with Crippen molar-refractivity contribution in [1.29, 1.82) is 0 Å². The van der Waals surface area contributed by atoms with E-state index in [9.17, 15) is 0 Å². The van der Waals surface area contributed by atoms with Gasteiger partial charge in [0.2, 0.25) is 0 Å². The third-order valence-corrected chi connectivity index (χ3v) is 5.23. The maximum absolute atomic E-state index is 2.27. The van der Waals surface area contributed by atoms with Gasteiger partial charge in [-0.05, 0) is 67.4 Å². The van der Waals surface area contributed by atoms with Gasteiger partial charge in [-0.25, -0.2) is 0 Å². The molecule has 0 N–H and O–H groups in total. The summed E-state index contributed by atoms with van der Waals surface area (Å²) in [5.41, 5.74) is 0. The van der Waals surface area contributed by atoms with E-state index in [4.69, 9.17) is 0 Å². The molecule has 0 fully saturated rings. The van der Waals surface area contributed by atoms with Crippen LogP contribution >= 0.6 is 0 Å². The van der Waals surface area contributed by atoms with Gasteiger partial charge in [0.15, 0.2) is 0 Å². The van der Waals surface area contributed by atoms with Gasteiger partial charge in [-0.3, -0.25) is 0 Å². The van der Waals surface area contributed by atoms with Crippen LogP contribution < -0.4 is 0 Å². The van der Waals surface area contributed by atoms with Crippen LogP contribution in [-0.2, 0) is 0 Å². The monoisotopic (exact) mass is 356 g/mol. The molecule has 0 amide bonds. The van der Waals surface area contributed by atoms with Crippen molar-refractivity contribution in [1.82, 2.24) is 0 Å². The number of hydrogen-bond donors (Lipinski definition) is 0. The first-order valence-electron chi connectivity index (χ1n) is 9.62. The van der Waals surface area contributed by atoms with Gasteiger partial charge in [0.05, 0.1) is 0 Å². The van der Waals surface area contributed by atoms with Crippen molar-refractivity contribution in [3.05, 3.63) is 121 Å². The van der Waals surface area contributed by atoms with Crippen LogP contribution in [0.15, 0.2) is 121 Å². The van der Waals surface area contributed by atoms with Gasteiger partial charge in [0.25, 0.3) is 0 Å². The van der Waals surface area contributed by atoms with Crippen LogP contribution in [0.1, 0.15) is 0 Å². The topological polar surface area (TPSA) is 0 Å². The largest absolute Gasteiger partial charge is 0.0616 e. The van der Waals surface area contributed by atoms with E-state index >= 15 is 0 Å². The molecule has 0 aliphatic heterocycles. The highest BCUT2D eigenvalue weighted by atomic mass is 14.0. The molecule has 0 spiro atoms. The van der Waals surface area contributed by atoms with E-state index in [1.54, 1.807) is 0 Å². The Balaban J connectivity index is 0.000000145. The normalized spacial score (nSPS) is 10.9. The summed E-state index contributed by atoms with van der Waals surface area (Å²) in [6.07, 6.45) is 0. The summed E-state index contributed by atoms with van der Waals surface area (Å²) in [6.45, 7) is 0. The molecule has 0 unspecified atom stereocenters. The molecular formula is C28H20. The zero-order valence-electron chi connectivity index (χ0n) is 15.5. The zero-order chi connectivity index (χ0) is 18.8. The summed E-state index contributed by atoms with van der Waals surface area (Å²) in [4.78, 5) is 0. The Kier molecular flexibility index (Phi) is 4.23. The first kappa shape index (κ1) is 16.5. The average molecular weight is 356 g/mol. The minimum Gasteiger partial charge on any atom is -0.0616 e. The highest BCUT2D eigenvalue weighted by Crippen LogP contribution is 2.27. The molecule has 0 aromatic heterocycles. The maximum Gasteiger partial charge on any atom is -0.0171 e. The summed E-state index contributed by atoms with van der Waals surface area (Å²) in [5.74, 6) is 0. The lowest BCUT2D eigenvalue weighted by Gasteiger charge is -2.04. The van der Waals surface area contributed by atoms with E-state index in [-0.39, 0.29) is 0 Å². The van der Waals surface area contributed by atoms with Crippen LogP contribution in [0.25, 0.3) is 43.1 Å². The van der Waals surface area contributed by atoms with E-state index in [0.29, 0.717) is 0 Å². The SMILES string of the molecule is c1ccc2cc3cc4ccccc4cc3cc2c1.c1ccc2ccccc2c1. The fourth-order valence-corrected chi connectivity index (χ4v) is 3.77. The predicted octanol–water partition coefficient (Wildman–Crippen LogP) is 7.99. The minimum absolute atomic E-state index is 1.31. The van der Waals surface area contributed by atoms with Gasteiger partial charge in [0.1, 0.15) is 0 Å². The Bertz CT molecular complexity index is 1200. The van der Waals surface area contributed by atoms with E-state index in [1.807, 2.05) is 0 Å². The van der Waals surface area contributed by atoms with Crippen molar-refractivity contribution in [2.45, 2.75) is 0 Å². The van der Waals surface area contributed by atoms with Crippen molar-refractivity contribution in [3.63, 3.8) is 0 Å². The molecule has 0 aliphatic carbocycles.